The lowest BCUT2D eigenvalue weighted by atomic mass is 10.3. The van der Waals surface area contributed by atoms with Crippen LogP contribution in [0.4, 0.5) is 11.5 Å². The third-order valence-corrected chi connectivity index (χ3v) is 3.78. The molecule has 0 aliphatic carbocycles. The van der Waals surface area contributed by atoms with E-state index < -0.39 is 0 Å². The maximum absolute atomic E-state index is 6.05. The number of hydrogen-bond donors (Lipinski definition) is 1. The number of nitrogen functional groups attached to an aromatic ring is 1. The molecule has 94 valence electrons. The Morgan fingerprint density at radius 3 is 3.12 bits per heavy atom. The van der Waals surface area contributed by atoms with Crippen LogP contribution in [0, 0.1) is 0 Å². The standard InChI is InChI=1S/C11H18N4OS/c1-3-16-11-9(12)10(13-7-14-11)15-4-5-17-8(2)6-15/h7-8H,3-6,12H2,1-2H3. The lowest BCUT2D eigenvalue weighted by Gasteiger charge is -2.32. The molecule has 1 fully saturated rings. The van der Waals surface area contributed by atoms with Gasteiger partial charge in [0.15, 0.2) is 5.82 Å². The first kappa shape index (κ1) is 12.3. The molecule has 1 saturated heterocycles. The highest BCUT2D eigenvalue weighted by molar-refractivity contribution is 8.00. The fraction of sp³-hybridized carbons (Fsp3) is 0.636. The molecule has 0 bridgehead atoms. The summed E-state index contributed by atoms with van der Waals surface area (Å²) < 4.78 is 5.39. The van der Waals surface area contributed by atoms with Crippen LogP contribution in [0.25, 0.3) is 0 Å². The van der Waals surface area contributed by atoms with E-state index in [4.69, 9.17) is 10.5 Å². The van der Waals surface area contributed by atoms with Crippen LogP contribution < -0.4 is 15.4 Å². The van der Waals surface area contributed by atoms with Gasteiger partial charge in [-0.1, -0.05) is 6.92 Å². The van der Waals surface area contributed by atoms with Crippen LogP contribution in [-0.2, 0) is 0 Å². The minimum Gasteiger partial charge on any atom is -0.476 e. The zero-order valence-corrected chi connectivity index (χ0v) is 11.0. The molecule has 2 N–H and O–H groups in total. The number of anilines is 2. The molecule has 17 heavy (non-hydrogen) atoms. The lowest BCUT2D eigenvalue weighted by Crippen LogP contribution is -2.37. The molecule has 2 rings (SSSR count). The fourth-order valence-electron chi connectivity index (χ4n) is 1.89. The number of nitrogens with zero attached hydrogens (tertiary/aromatic N) is 3. The van der Waals surface area contributed by atoms with E-state index in [0.29, 0.717) is 23.4 Å². The van der Waals surface area contributed by atoms with E-state index in [2.05, 4.69) is 21.8 Å². The van der Waals surface area contributed by atoms with Crippen LogP contribution >= 0.6 is 11.8 Å². The van der Waals surface area contributed by atoms with Gasteiger partial charge in [0, 0.05) is 24.1 Å². The maximum Gasteiger partial charge on any atom is 0.242 e. The summed E-state index contributed by atoms with van der Waals surface area (Å²) in [7, 11) is 0. The summed E-state index contributed by atoms with van der Waals surface area (Å²) in [6, 6.07) is 0. The van der Waals surface area contributed by atoms with E-state index in [0.717, 1.165) is 24.7 Å². The van der Waals surface area contributed by atoms with Crippen molar-refractivity contribution >= 4 is 23.3 Å². The van der Waals surface area contributed by atoms with Gasteiger partial charge in [-0.15, -0.1) is 0 Å². The Labute approximate surface area is 106 Å². The summed E-state index contributed by atoms with van der Waals surface area (Å²) in [5, 5.41) is 0.605. The zero-order valence-electron chi connectivity index (χ0n) is 10.2. The molecule has 1 aliphatic heterocycles. The Balaban J connectivity index is 2.22. The third kappa shape index (κ3) is 2.74. The second-order valence-electron chi connectivity index (χ2n) is 3.98. The normalized spacial score (nSPS) is 20.4. The van der Waals surface area contributed by atoms with Gasteiger partial charge in [-0.3, -0.25) is 0 Å². The molecular formula is C11H18N4OS. The molecule has 2 heterocycles. The van der Waals surface area contributed by atoms with Gasteiger partial charge < -0.3 is 15.4 Å². The Morgan fingerprint density at radius 1 is 1.59 bits per heavy atom. The van der Waals surface area contributed by atoms with Gasteiger partial charge in [-0.05, 0) is 6.92 Å². The van der Waals surface area contributed by atoms with Gasteiger partial charge in [0.05, 0.1) is 6.61 Å². The number of nitrogens with two attached hydrogens (primary N) is 1. The Bertz CT molecular complexity index is 388. The van der Waals surface area contributed by atoms with Gasteiger partial charge >= 0.3 is 0 Å². The number of rotatable bonds is 3. The van der Waals surface area contributed by atoms with E-state index in [-0.39, 0.29) is 0 Å². The molecule has 1 unspecified atom stereocenters. The largest absolute Gasteiger partial charge is 0.476 e. The van der Waals surface area contributed by atoms with Crippen LogP contribution in [0.3, 0.4) is 0 Å². The number of ether oxygens (including phenoxy) is 1. The van der Waals surface area contributed by atoms with E-state index in [1.165, 1.54) is 6.33 Å². The summed E-state index contributed by atoms with van der Waals surface area (Å²) in [6.07, 6.45) is 1.52. The van der Waals surface area contributed by atoms with Gasteiger partial charge in [0.2, 0.25) is 5.88 Å². The molecule has 0 radical (unpaired) electrons. The van der Waals surface area contributed by atoms with Crippen LogP contribution in [0.5, 0.6) is 5.88 Å². The molecule has 1 atom stereocenters. The van der Waals surface area contributed by atoms with Crippen molar-refractivity contribution in [2.75, 3.05) is 36.1 Å². The summed E-state index contributed by atoms with van der Waals surface area (Å²) in [6.45, 7) is 6.64. The average Bonchev–Trinajstić information content (AvgIpc) is 2.32. The van der Waals surface area contributed by atoms with Crippen LogP contribution in [0.1, 0.15) is 13.8 Å². The highest BCUT2D eigenvalue weighted by atomic mass is 32.2. The molecule has 0 spiro atoms. The lowest BCUT2D eigenvalue weighted by molar-refractivity contribution is 0.328. The second kappa shape index (κ2) is 5.44. The quantitative estimate of drug-likeness (QED) is 0.879. The predicted molar refractivity (Wildman–Crippen MR) is 71.7 cm³/mol. The number of hydrogen-bond acceptors (Lipinski definition) is 6. The van der Waals surface area contributed by atoms with E-state index in [1.807, 2.05) is 18.7 Å². The van der Waals surface area contributed by atoms with Gasteiger partial charge in [-0.2, -0.15) is 16.7 Å². The molecular weight excluding hydrogens is 236 g/mol. The van der Waals surface area contributed by atoms with Crippen molar-refractivity contribution in [1.82, 2.24) is 9.97 Å². The molecule has 1 aromatic heterocycles. The van der Waals surface area contributed by atoms with Crippen molar-refractivity contribution in [3.05, 3.63) is 6.33 Å². The molecule has 0 amide bonds. The first-order valence-corrected chi connectivity index (χ1v) is 6.87. The maximum atomic E-state index is 6.05. The number of aromatic nitrogens is 2. The number of thioether (sulfide) groups is 1. The van der Waals surface area contributed by atoms with E-state index in [1.54, 1.807) is 0 Å². The van der Waals surface area contributed by atoms with E-state index in [9.17, 15) is 0 Å². The molecule has 0 saturated carbocycles. The monoisotopic (exact) mass is 254 g/mol. The van der Waals surface area contributed by atoms with Gasteiger partial charge in [0.25, 0.3) is 0 Å². The molecule has 1 aliphatic rings. The van der Waals surface area contributed by atoms with Crippen LogP contribution in [0.2, 0.25) is 0 Å². The van der Waals surface area contributed by atoms with Crippen molar-refractivity contribution in [3.8, 4) is 5.88 Å². The minimum atomic E-state index is 0.489. The highest BCUT2D eigenvalue weighted by Gasteiger charge is 2.21. The Morgan fingerprint density at radius 2 is 2.41 bits per heavy atom. The van der Waals surface area contributed by atoms with Crippen molar-refractivity contribution in [3.63, 3.8) is 0 Å². The van der Waals surface area contributed by atoms with Gasteiger partial charge in [-0.25, -0.2) is 4.98 Å². The third-order valence-electron chi connectivity index (χ3n) is 2.65. The fourth-order valence-corrected chi connectivity index (χ4v) is 2.90. The Hall–Kier alpha value is -1.17. The summed E-state index contributed by atoms with van der Waals surface area (Å²) in [5.41, 5.74) is 6.60. The predicted octanol–water partition coefficient (Wildman–Crippen LogP) is 1.40. The van der Waals surface area contributed by atoms with Crippen molar-refractivity contribution in [1.29, 1.82) is 0 Å². The van der Waals surface area contributed by atoms with E-state index >= 15 is 0 Å². The molecule has 5 nitrogen and oxygen atoms in total. The average molecular weight is 254 g/mol. The topological polar surface area (TPSA) is 64.3 Å². The van der Waals surface area contributed by atoms with Crippen LogP contribution in [-0.4, -0.2) is 40.7 Å². The highest BCUT2D eigenvalue weighted by Crippen LogP contribution is 2.30. The first-order valence-electron chi connectivity index (χ1n) is 5.82. The summed E-state index contributed by atoms with van der Waals surface area (Å²) >= 11 is 1.98. The van der Waals surface area contributed by atoms with Crippen molar-refractivity contribution < 1.29 is 4.74 Å². The molecule has 6 heteroatoms. The van der Waals surface area contributed by atoms with Gasteiger partial charge in [0.1, 0.15) is 12.0 Å². The first-order chi connectivity index (χ1) is 8.22. The Kier molecular flexibility index (Phi) is 3.93. The summed E-state index contributed by atoms with van der Waals surface area (Å²) in [4.78, 5) is 10.5. The zero-order chi connectivity index (χ0) is 12.3. The smallest absolute Gasteiger partial charge is 0.242 e. The SMILES string of the molecule is CCOc1ncnc(N2CCSC(C)C2)c1N. The van der Waals surface area contributed by atoms with Crippen LogP contribution in [0.15, 0.2) is 6.33 Å². The summed E-state index contributed by atoms with van der Waals surface area (Å²) in [5.74, 6) is 2.40. The minimum absolute atomic E-state index is 0.489. The molecule has 1 aromatic rings. The molecule has 0 aromatic carbocycles. The van der Waals surface area contributed by atoms with Crippen molar-refractivity contribution in [2.45, 2.75) is 19.1 Å². The van der Waals surface area contributed by atoms with Crippen molar-refractivity contribution in [2.24, 2.45) is 0 Å². The second-order valence-corrected chi connectivity index (χ2v) is 5.52.